The van der Waals surface area contributed by atoms with Gasteiger partial charge in [0.1, 0.15) is 29.1 Å². The number of carbonyl (C=O) groups excluding carboxylic acids is 1. The third kappa shape index (κ3) is 5.98. The number of nitrogens with one attached hydrogen (secondary N) is 2. The molecule has 2 amide bonds. The molecule has 0 radical (unpaired) electrons. The highest BCUT2D eigenvalue weighted by molar-refractivity contribution is 5.98. The minimum atomic E-state index is -1.15. The Morgan fingerprint density at radius 3 is 2.26 bits per heavy atom. The van der Waals surface area contributed by atoms with Crippen LogP contribution in [0.1, 0.15) is 26.3 Å². The Kier molecular flexibility index (Phi) is 7.35. The molecule has 0 unspecified atom stereocenters. The Hall–Kier alpha value is -3.73. The first-order valence-corrected chi connectivity index (χ1v) is 10.2. The molecule has 7 nitrogen and oxygen atoms in total. The van der Waals surface area contributed by atoms with E-state index in [1.54, 1.807) is 20.8 Å². The lowest BCUT2D eigenvalue weighted by Crippen LogP contribution is -2.40. The molecule has 3 N–H and O–H groups in total. The van der Waals surface area contributed by atoms with Gasteiger partial charge in [0.05, 0.1) is 23.9 Å². The molecule has 1 atom stereocenters. The molecule has 0 aliphatic rings. The SMILES string of the molecule is C[C@H](Nc1nccc(N(C(=O)NCc2c(F)cc(F)cc2F)c2ccc(F)cc2)n1)C(C)(C)O. The van der Waals surface area contributed by atoms with Crippen LogP contribution in [0.25, 0.3) is 0 Å². The maximum atomic E-state index is 14.0. The quantitative estimate of drug-likeness (QED) is 0.431. The molecule has 0 aliphatic heterocycles. The Morgan fingerprint density at radius 1 is 1.06 bits per heavy atom. The molecule has 1 heterocycles. The maximum Gasteiger partial charge on any atom is 0.327 e. The van der Waals surface area contributed by atoms with Gasteiger partial charge in [-0.05, 0) is 45.0 Å². The number of urea groups is 1. The number of halogens is 4. The number of nitrogens with zero attached hydrogens (tertiary/aromatic N) is 3. The van der Waals surface area contributed by atoms with E-state index in [4.69, 9.17) is 0 Å². The van der Waals surface area contributed by atoms with Gasteiger partial charge in [0.25, 0.3) is 0 Å². The van der Waals surface area contributed by atoms with E-state index >= 15 is 0 Å². The molecule has 1 aromatic heterocycles. The zero-order valence-electron chi connectivity index (χ0n) is 18.6. The molecule has 2 aromatic carbocycles. The van der Waals surface area contributed by atoms with Crippen molar-refractivity contribution in [3.05, 3.63) is 77.5 Å². The molecule has 0 fully saturated rings. The van der Waals surface area contributed by atoms with Crippen molar-refractivity contribution < 1.29 is 27.5 Å². The van der Waals surface area contributed by atoms with Gasteiger partial charge in [0.2, 0.25) is 5.95 Å². The average molecular weight is 477 g/mol. The number of amides is 2. The summed E-state index contributed by atoms with van der Waals surface area (Å²) in [6, 6.07) is 6.03. The summed E-state index contributed by atoms with van der Waals surface area (Å²) in [5, 5.41) is 15.4. The van der Waals surface area contributed by atoms with Crippen molar-refractivity contribution in [3.63, 3.8) is 0 Å². The summed E-state index contributed by atoms with van der Waals surface area (Å²) in [4.78, 5) is 22.5. The van der Waals surface area contributed by atoms with Crippen LogP contribution >= 0.6 is 0 Å². The summed E-state index contributed by atoms with van der Waals surface area (Å²) in [7, 11) is 0. The van der Waals surface area contributed by atoms with Crippen LogP contribution < -0.4 is 15.5 Å². The van der Waals surface area contributed by atoms with Gasteiger partial charge in [0.15, 0.2) is 0 Å². The molecular weight excluding hydrogens is 454 g/mol. The summed E-state index contributed by atoms with van der Waals surface area (Å²) >= 11 is 0. The highest BCUT2D eigenvalue weighted by atomic mass is 19.1. The topological polar surface area (TPSA) is 90.4 Å². The maximum absolute atomic E-state index is 14.0. The Bertz CT molecular complexity index is 1150. The molecule has 0 saturated heterocycles. The number of aromatic nitrogens is 2. The standard InChI is InChI=1S/C23H23F4N5O2/c1-13(23(2,3)34)30-21-28-9-8-20(31-21)32(16-6-4-14(24)5-7-16)22(33)29-12-17-18(26)10-15(25)11-19(17)27/h4-11,13,34H,12H2,1-3H3,(H,29,33)(H,28,30,31)/t13-/m0/s1. The van der Waals surface area contributed by atoms with Crippen LogP contribution in [0.3, 0.4) is 0 Å². The number of anilines is 3. The second kappa shape index (κ2) is 10.0. The van der Waals surface area contributed by atoms with E-state index < -0.39 is 53.1 Å². The van der Waals surface area contributed by atoms with Crippen LogP contribution in [0.15, 0.2) is 48.7 Å². The van der Waals surface area contributed by atoms with Crippen molar-refractivity contribution in [2.24, 2.45) is 0 Å². The highest BCUT2D eigenvalue weighted by Crippen LogP contribution is 2.25. The zero-order chi connectivity index (χ0) is 25.0. The summed E-state index contributed by atoms with van der Waals surface area (Å²) in [5.74, 6) is -3.77. The van der Waals surface area contributed by atoms with E-state index in [1.807, 2.05) is 0 Å². The number of hydrogen-bond donors (Lipinski definition) is 3. The first kappa shape index (κ1) is 24.9. The van der Waals surface area contributed by atoms with Crippen LogP contribution in [0.5, 0.6) is 0 Å². The van der Waals surface area contributed by atoms with Crippen molar-refractivity contribution in [1.82, 2.24) is 15.3 Å². The molecule has 3 aromatic rings. The molecule has 0 saturated carbocycles. The molecule has 34 heavy (non-hydrogen) atoms. The Labute approximate surface area is 193 Å². The largest absolute Gasteiger partial charge is 0.388 e. The summed E-state index contributed by atoms with van der Waals surface area (Å²) in [6.45, 7) is 4.33. The Morgan fingerprint density at radius 2 is 1.68 bits per heavy atom. The van der Waals surface area contributed by atoms with Crippen LogP contribution in [0, 0.1) is 23.3 Å². The van der Waals surface area contributed by atoms with Gasteiger partial charge in [0, 0.05) is 30.0 Å². The van der Waals surface area contributed by atoms with Crippen LogP contribution in [-0.2, 0) is 6.54 Å². The van der Waals surface area contributed by atoms with E-state index in [2.05, 4.69) is 20.6 Å². The first-order chi connectivity index (χ1) is 16.0. The van der Waals surface area contributed by atoms with E-state index in [0.717, 1.165) is 17.0 Å². The Balaban J connectivity index is 1.91. The van der Waals surface area contributed by atoms with Gasteiger partial charge in [-0.1, -0.05) is 0 Å². The van der Waals surface area contributed by atoms with Crippen molar-refractivity contribution in [1.29, 1.82) is 0 Å². The minimum absolute atomic E-state index is 0.0598. The normalized spacial score (nSPS) is 12.2. The third-order valence-electron chi connectivity index (χ3n) is 5.09. The molecule has 0 spiro atoms. The van der Waals surface area contributed by atoms with Crippen molar-refractivity contribution in [3.8, 4) is 0 Å². The van der Waals surface area contributed by atoms with Crippen molar-refractivity contribution >= 4 is 23.5 Å². The summed E-state index contributed by atoms with van der Waals surface area (Å²) < 4.78 is 54.6. The number of aliphatic hydroxyl groups is 1. The number of benzene rings is 2. The molecule has 0 bridgehead atoms. The van der Waals surface area contributed by atoms with Gasteiger partial charge < -0.3 is 15.7 Å². The van der Waals surface area contributed by atoms with Gasteiger partial charge in [-0.3, -0.25) is 0 Å². The predicted molar refractivity (Wildman–Crippen MR) is 119 cm³/mol. The lowest BCUT2D eigenvalue weighted by molar-refractivity contribution is 0.0646. The first-order valence-electron chi connectivity index (χ1n) is 10.2. The molecular formula is C23H23F4N5O2. The molecule has 180 valence electrons. The van der Waals surface area contributed by atoms with E-state index in [9.17, 15) is 27.5 Å². The fourth-order valence-corrected chi connectivity index (χ4v) is 2.84. The lowest BCUT2D eigenvalue weighted by atomic mass is 10.0. The van der Waals surface area contributed by atoms with Crippen LogP contribution in [0.4, 0.5) is 39.8 Å². The van der Waals surface area contributed by atoms with Gasteiger partial charge in [-0.2, -0.15) is 4.98 Å². The van der Waals surface area contributed by atoms with Gasteiger partial charge in [-0.25, -0.2) is 32.2 Å². The van der Waals surface area contributed by atoms with Crippen LogP contribution in [-0.4, -0.2) is 32.7 Å². The van der Waals surface area contributed by atoms with Crippen LogP contribution in [0.2, 0.25) is 0 Å². The lowest BCUT2D eigenvalue weighted by Gasteiger charge is -2.27. The monoisotopic (exact) mass is 477 g/mol. The van der Waals surface area contributed by atoms with E-state index in [1.165, 1.54) is 24.4 Å². The molecule has 3 rings (SSSR count). The summed E-state index contributed by atoms with van der Waals surface area (Å²) in [5.41, 5.74) is -1.42. The molecule has 11 heteroatoms. The van der Waals surface area contributed by atoms with E-state index in [0.29, 0.717) is 12.1 Å². The highest BCUT2D eigenvalue weighted by Gasteiger charge is 2.25. The van der Waals surface area contributed by atoms with Crippen molar-refractivity contribution in [2.75, 3.05) is 10.2 Å². The van der Waals surface area contributed by atoms with E-state index in [-0.39, 0.29) is 17.5 Å². The predicted octanol–water partition coefficient (Wildman–Crippen LogP) is 4.65. The fourth-order valence-electron chi connectivity index (χ4n) is 2.84. The van der Waals surface area contributed by atoms with Gasteiger partial charge >= 0.3 is 6.03 Å². The summed E-state index contributed by atoms with van der Waals surface area (Å²) in [6.07, 6.45) is 1.37. The minimum Gasteiger partial charge on any atom is -0.388 e. The molecule has 0 aliphatic carbocycles. The number of hydrogen-bond acceptors (Lipinski definition) is 5. The number of rotatable bonds is 7. The number of carbonyl (C=O) groups is 1. The van der Waals surface area contributed by atoms with Crippen molar-refractivity contribution in [2.45, 2.75) is 39.0 Å². The second-order valence-electron chi connectivity index (χ2n) is 8.08. The fraction of sp³-hybridized carbons (Fsp3) is 0.261. The van der Waals surface area contributed by atoms with Gasteiger partial charge in [-0.15, -0.1) is 0 Å². The average Bonchev–Trinajstić information content (AvgIpc) is 2.74. The zero-order valence-corrected chi connectivity index (χ0v) is 18.6. The smallest absolute Gasteiger partial charge is 0.327 e. The second-order valence-corrected chi connectivity index (χ2v) is 8.08. The third-order valence-corrected chi connectivity index (χ3v) is 5.09.